The van der Waals surface area contributed by atoms with Crippen LogP contribution in [0.2, 0.25) is 5.02 Å². The normalized spacial score (nSPS) is 17.3. The van der Waals surface area contributed by atoms with Crippen LogP contribution in [0.1, 0.15) is 41.9 Å². The van der Waals surface area contributed by atoms with Crippen molar-refractivity contribution in [2.75, 3.05) is 13.1 Å². The molecule has 0 aliphatic carbocycles. The van der Waals surface area contributed by atoms with E-state index in [9.17, 15) is 10.1 Å². The van der Waals surface area contributed by atoms with Crippen LogP contribution < -0.4 is 0 Å². The molecule has 2 aromatic rings. The number of nitrogens with zero attached hydrogens (tertiary/aromatic N) is 5. The quantitative estimate of drug-likeness (QED) is 0.593. The van der Waals surface area contributed by atoms with E-state index in [1.54, 1.807) is 12.1 Å². The monoisotopic (exact) mass is 385 g/mol. The first-order chi connectivity index (χ1) is 13.1. The van der Waals surface area contributed by atoms with Crippen LogP contribution in [0.25, 0.3) is 0 Å². The van der Waals surface area contributed by atoms with E-state index in [1.807, 2.05) is 6.20 Å². The molecule has 0 saturated carbocycles. The lowest BCUT2D eigenvalue weighted by Crippen LogP contribution is -2.31. The van der Waals surface area contributed by atoms with Gasteiger partial charge in [-0.2, -0.15) is 0 Å². The van der Waals surface area contributed by atoms with Crippen LogP contribution in [0.15, 0.2) is 29.4 Å². The third-order valence-corrected chi connectivity index (χ3v) is 5.40. The minimum Gasteiger partial charge on any atom is -0.294 e. The average Bonchev–Trinajstić information content (AvgIpc) is 2.69. The lowest BCUT2D eigenvalue weighted by molar-refractivity contribution is -0.384. The van der Waals surface area contributed by atoms with Crippen LogP contribution >= 0.6 is 11.6 Å². The Morgan fingerprint density at radius 2 is 2.15 bits per heavy atom. The molecule has 0 unspecified atom stereocenters. The Kier molecular flexibility index (Phi) is 5.13. The molecule has 2 aliphatic rings. The number of hydrogen-bond acceptors (Lipinski definition) is 6. The summed E-state index contributed by atoms with van der Waals surface area (Å²) in [6.07, 6.45) is 5.97. The van der Waals surface area contributed by atoms with Gasteiger partial charge in [0.15, 0.2) is 5.82 Å². The van der Waals surface area contributed by atoms with Crippen molar-refractivity contribution in [3.05, 3.63) is 62.2 Å². The Hall–Kier alpha value is -2.38. The third-order valence-electron chi connectivity index (χ3n) is 5.03. The Morgan fingerprint density at radius 1 is 1.26 bits per heavy atom. The second kappa shape index (κ2) is 7.70. The maximum atomic E-state index is 11.0. The first kappa shape index (κ1) is 18.0. The summed E-state index contributed by atoms with van der Waals surface area (Å²) in [5, 5.41) is 11.6. The van der Waals surface area contributed by atoms with E-state index in [1.165, 1.54) is 6.07 Å². The summed E-state index contributed by atoms with van der Waals surface area (Å²) in [4.78, 5) is 26.7. The van der Waals surface area contributed by atoms with Gasteiger partial charge in [-0.1, -0.05) is 11.6 Å². The number of aliphatic imine (C=N–C) groups is 1. The van der Waals surface area contributed by atoms with Crippen molar-refractivity contribution < 1.29 is 4.92 Å². The smallest absolute Gasteiger partial charge is 0.269 e. The lowest BCUT2D eigenvalue weighted by Gasteiger charge is -2.28. The molecule has 0 radical (unpaired) electrons. The van der Waals surface area contributed by atoms with Gasteiger partial charge in [-0.25, -0.2) is 9.97 Å². The van der Waals surface area contributed by atoms with Crippen LogP contribution in [0.3, 0.4) is 0 Å². The Morgan fingerprint density at radius 3 is 2.93 bits per heavy atom. The number of nitro groups is 1. The molecule has 0 N–H and O–H groups in total. The van der Waals surface area contributed by atoms with E-state index >= 15 is 0 Å². The van der Waals surface area contributed by atoms with E-state index < -0.39 is 4.92 Å². The summed E-state index contributed by atoms with van der Waals surface area (Å²) in [5.41, 5.74) is 4.03. The highest BCUT2D eigenvalue weighted by molar-refractivity contribution is 6.31. The fourth-order valence-electron chi connectivity index (χ4n) is 3.57. The SMILES string of the molecule is O=[N+]([O-])c1ccc(Cl)c(CN2CCc3nc(C4=NCCCC4)ncc3C2)c1. The van der Waals surface area contributed by atoms with Gasteiger partial charge in [-0.05, 0) is 30.9 Å². The Bertz CT molecular complexity index is 915. The number of nitro benzene ring substituents is 1. The topological polar surface area (TPSA) is 84.5 Å². The Labute approximate surface area is 162 Å². The third kappa shape index (κ3) is 3.99. The van der Waals surface area contributed by atoms with Crippen LogP contribution in [0.4, 0.5) is 5.69 Å². The minimum atomic E-state index is -0.394. The number of hydrogen-bond donors (Lipinski definition) is 0. The molecule has 140 valence electrons. The van der Waals surface area contributed by atoms with E-state index in [0.717, 1.165) is 67.1 Å². The van der Waals surface area contributed by atoms with Crippen LogP contribution in [0, 0.1) is 10.1 Å². The van der Waals surface area contributed by atoms with Crippen molar-refractivity contribution >= 4 is 23.0 Å². The van der Waals surface area contributed by atoms with Crippen molar-refractivity contribution in [3.8, 4) is 0 Å². The van der Waals surface area contributed by atoms with Crippen molar-refractivity contribution in [2.45, 2.75) is 38.8 Å². The number of rotatable bonds is 4. The molecule has 1 aromatic heterocycles. The van der Waals surface area contributed by atoms with Gasteiger partial charge in [-0.15, -0.1) is 0 Å². The molecule has 8 heteroatoms. The van der Waals surface area contributed by atoms with Crippen molar-refractivity contribution in [3.63, 3.8) is 0 Å². The average molecular weight is 386 g/mol. The summed E-state index contributed by atoms with van der Waals surface area (Å²) in [6.45, 7) is 2.97. The number of non-ortho nitro benzene ring substituents is 1. The molecule has 4 rings (SSSR count). The largest absolute Gasteiger partial charge is 0.294 e. The molecule has 0 spiro atoms. The molecule has 0 amide bonds. The summed E-state index contributed by atoms with van der Waals surface area (Å²) < 4.78 is 0. The lowest BCUT2D eigenvalue weighted by atomic mass is 10.0. The molecule has 0 fully saturated rings. The molecule has 7 nitrogen and oxygen atoms in total. The van der Waals surface area contributed by atoms with Gasteiger partial charge >= 0.3 is 0 Å². The van der Waals surface area contributed by atoms with Gasteiger partial charge in [0.2, 0.25) is 0 Å². The highest BCUT2D eigenvalue weighted by Gasteiger charge is 2.21. The van der Waals surface area contributed by atoms with E-state index in [0.29, 0.717) is 18.1 Å². The fraction of sp³-hybridized carbons (Fsp3) is 0.421. The van der Waals surface area contributed by atoms with Crippen LogP contribution in [-0.4, -0.2) is 38.6 Å². The first-order valence-corrected chi connectivity index (χ1v) is 9.51. The molecule has 1 aromatic carbocycles. The molecule has 2 aliphatic heterocycles. The predicted octanol–water partition coefficient (Wildman–Crippen LogP) is 3.57. The highest BCUT2D eigenvalue weighted by Crippen LogP contribution is 2.26. The molecule has 0 saturated heterocycles. The van der Waals surface area contributed by atoms with Crippen molar-refractivity contribution in [1.29, 1.82) is 0 Å². The van der Waals surface area contributed by atoms with Crippen LogP contribution in [-0.2, 0) is 19.5 Å². The zero-order chi connectivity index (χ0) is 18.8. The predicted molar refractivity (Wildman–Crippen MR) is 103 cm³/mol. The summed E-state index contributed by atoms with van der Waals surface area (Å²) in [5.74, 6) is 0.767. The highest BCUT2D eigenvalue weighted by atomic mass is 35.5. The van der Waals surface area contributed by atoms with Crippen molar-refractivity contribution in [1.82, 2.24) is 14.9 Å². The Balaban J connectivity index is 1.50. The van der Waals surface area contributed by atoms with Crippen LogP contribution in [0.5, 0.6) is 0 Å². The molecule has 0 atom stereocenters. The zero-order valence-electron chi connectivity index (χ0n) is 14.9. The molecular formula is C19H20ClN5O2. The van der Waals surface area contributed by atoms with Gasteiger partial charge in [0, 0.05) is 61.5 Å². The number of benzene rings is 1. The van der Waals surface area contributed by atoms with Gasteiger partial charge in [0.1, 0.15) is 0 Å². The minimum absolute atomic E-state index is 0.0630. The number of aromatic nitrogens is 2. The second-order valence-corrected chi connectivity index (χ2v) is 7.35. The van der Waals surface area contributed by atoms with E-state index in [4.69, 9.17) is 16.6 Å². The zero-order valence-corrected chi connectivity index (χ0v) is 15.7. The summed E-state index contributed by atoms with van der Waals surface area (Å²) >= 11 is 6.24. The van der Waals surface area contributed by atoms with E-state index in [-0.39, 0.29) is 5.69 Å². The number of fused-ring (bicyclic) bond motifs is 1. The van der Waals surface area contributed by atoms with Gasteiger partial charge in [-0.3, -0.25) is 20.0 Å². The molecule has 3 heterocycles. The number of halogens is 1. The van der Waals surface area contributed by atoms with E-state index in [2.05, 4.69) is 14.9 Å². The molecule has 0 bridgehead atoms. The van der Waals surface area contributed by atoms with Gasteiger partial charge < -0.3 is 0 Å². The summed E-state index contributed by atoms with van der Waals surface area (Å²) in [6, 6.07) is 4.58. The van der Waals surface area contributed by atoms with Crippen molar-refractivity contribution in [2.24, 2.45) is 4.99 Å². The fourth-order valence-corrected chi connectivity index (χ4v) is 3.74. The maximum absolute atomic E-state index is 11.0. The van der Waals surface area contributed by atoms with Gasteiger partial charge in [0.25, 0.3) is 5.69 Å². The standard InChI is InChI=1S/C19H20ClN5O2/c20-16-5-4-15(25(26)27)9-13(16)11-24-8-6-17-14(12-24)10-22-19(23-17)18-3-1-2-7-21-18/h4-5,9-10H,1-3,6-8,11-12H2. The van der Waals surface area contributed by atoms with Gasteiger partial charge in [0.05, 0.1) is 16.3 Å². The maximum Gasteiger partial charge on any atom is 0.269 e. The summed E-state index contributed by atoms with van der Waals surface area (Å²) in [7, 11) is 0. The first-order valence-electron chi connectivity index (χ1n) is 9.14. The molecular weight excluding hydrogens is 366 g/mol. The second-order valence-electron chi connectivity index (χ2n) is 6.94. The molecule has 27 heavy (non-hydrogen) atoms.